The molecule has 0 bridgehead atoms. The van der Waals surface area contributed by atoms with Gasteiger partial charge in [-0.25, -0.2) is 0 Å². The molecule has 0 radical (unpaired) electrons. The minimum absolute atomic E-state index is 0.260. The number of aliphatic hydroxyl groups is 1. The molecule has 1 aromatic rings. The van der Waals surface area contributed by atoms with Gasteiger partial charge in [-0.05, 0) is 5.56 Å². The summed E-state index contributed by atoms with van der Waals surface area (Å²) in [4.78, 5) is 22.9. The van der Waals surface area contributed by atoms with Crippen molar-refractivity contribution in [1.82, 2.24) is 10.6 Å². The predicted octanol–water partition coefficient (Wildman–Crippen LogP) is 0.190. The molecule has 1 rings (SSSR count). The lowest BCUT2D eigenvalue weighted by Crippen LogP contribution is -2.48. The van der Waals surface area contributed by atoms with Gasteiger partial charge in [-0.1, -0.05) is 37.3 Å². The van der Waals surface area contributed by atoms with E-state index in [1.807, 2.05) is 30.3 Å². The zero-order valence-corrected chi connectivity index (χ0v) is 10.3. The van der Waals surface area contributed by atoms with Gasteiger partial charge >= 0.3 is 0 Å². The Labute approximate surface area is 106 Å². The highest BCUT2D eigenvalue weighted by atomic mass is 16.3. The monoisotopic (exact) mass is 250 g/mol. The Morgan fingerprint density at radius 2 is 1.94 bits per heavy atom. The lowest BCUT2D eigenvalue weighted by molar-refractivity contribution is -0.129. The first-order valence-corrected chi connectivity index (χ1v) is 5.89. The van der Waals surface area contributed by atoms with Crippen molar-refractivity contribution in [2.75, 3.05) is 6.61 Å². The molecular weight excluding hydrogens is 232 g/mol. The summed E-state index contributed by atoms with van der Waals surface area (Å²) < 4.78 is 0. The van der Waals surface area contributed by atoms with Gasteiger partial charge in [-0.2, -0.15) is 0 Å². The van der Waals surface area contributed by atoms with Gasteiger partial charge in [0, 0.05) is 13.0 Å². The Bertz CT molecular complexity index is 392. The minimum Gasteiger partial charge on any atom is -0.394 e. The molecule has 1 atom stereocenters. The highest BCUT2D eigenvalue weighted by Gasteiger charge is 2.18. The SMILES string of the molecule is CCC(=O)NC(CO)C(=O)NCc1ccccc1. The molecule has 0 aromatic heterocycles. The van der Waals surface area contributed by atoms with Gasteiger partial charge in [0.15, 0.2) is 0 Å². The van der Waals surface area contributed by atoms with E-state index in [1.54, 1.807) is 6.92 Å². The summed E-state index contributed by atoms with van der Waals surface area (Å²) in [7, 11) is 0. The topological polar surface area (TPSA) is 78.4 Å². The van der Waals surface area contributed by atoms with Crippen LogP contribution >= 0.6 is 0 Å². The zero-order chi connectivity index (χ0) is 13.4. The number of aliphatic hydroxyl groups excluding tert-OH is 1. The number of carbonyl (C=O) groups excluding carboxylic acids is 2. The second kappa shape index (κ2) is 7.45. The first kappa shape index (κ1) is 14.2. The number of rotatable bonds is 6. The van der Waals surface area contributed by atoms with Crippen molar-refractivity contribution in [3.05, 3.63) is 35.9 Å². The maximum Gasteiger partial charge on any atom is 0.245 e. The predicted molar refractivity (Wildman–Crippen MR) is 67.6 cm³/mol. The molecule has 5 heteroatoms. The van der Waals surface area contributed by atoms with Crippen molar-refractivity contribution in [2.24, 2.45) is 0 Å². The molecule has 0 heterocycles. The van der Waals surface area contributed by atoms with E-state index < -0.39 is 12.6 Å². The van der Waals surface area contributed by atoms with Crippen molar-refractivity contribution in [3.63, 3.8) is 0 Å². The Morgan fingerprint density at radius 3 is 2.50 bits per heavy atom. The summed E-state index contributed by atoms with van der Waals surface area (Å²) in [6.45, 7) is 1.65. The van der Waals surface area contributed by atoms with Crippen molar-refractivity contribution >= 4 is 11.8 Å². The van der Waals surface area contributed by atoms with Gasteiger partial charge < -0.3 is 15.7 Å². The minimum atomic E-state index is -0.888. The first-order valence-electron chi connectivity index (χ1n) is 5.89. The van der Waals surface area contributed by atoms with Crippen LogP contribution in [0.5, 0.6) is 0 Å². The Hall–Kier alpha value is -1.88. The second-order valence-electron chi connectivity index (χ2n) is 3.86. The summed E-state index contributed by atoms with van der Waals surface area (Å²) in [6, 6.07) is 8.54. The Kier molecular flexibility index (Phi) is 5.87. The quantitative estimate of drug-likeness (QED) is 0.674. The normalized spacial score (nSPS) is 11.7. The molecule has 0 aliphatic rings. The number of nitrogens with one attached hydrogen (secondary N) is 2. The number of hydrogen-bond donors (Lipinski definition) is 3. The molecule has 18 heavy (non-hydrogen) atoms. The molecule has 3 N–H and O–H groups in total. The summed E-state index contributed by atoms with van der Waals surface area (Å²) in [5.41, 5.74) is 0.962. The van der Waals surface area contributed by atoms with Crippen molar-refractivity contribution in [2.45, 2.75) is 25.9 Å². The van der Waals surface area contributed by atoms with Crippen LogP contribution in [0.15, 0.2) is 30.3 Å². The molecule has 0 aliphatic heterocycles. The first-order chi connectivity index (χ1) is 8.67. The van der Waals surface area contributed by atoms with Crippen LogP contribution in [-0.4, -0.2) is 29.6 Å². The molecule has 1 unspecified atom stereocenters. The van der Waals surface area contributed by atoms with Crippen molar-refractivity contribution < 1.29 is 14.7 Å². The Morgan fingerprint density at radius 1 is 1.28 bits per heavy atom. The van der Waals surface area contributed by atoms with Gasteiger partial charge in [0.05, 0.1) is 6.61 Å². The third kappa shape index (κ3) is 4.55. The summed E-state index contributed by atoms with van der Waals surface area (Å²) in [5.74, 6) is -0.646. The van der Waals surface area contributed by atoms with E-state index in [2.05, 4.69) is 10.6 Å². The van der Waals surface area contributed by atoms with Crippen LogP contribution < -0.4 is 10.6 Å². The number of amides is 2. The van der Waals surface area contributed by atoms with E-state index in [-0.39, 0.29) is 18.2 Å². The average molecular weight is 250 g/mol. The van der Waals surface area contributed by atoms with Gasteiger partial charge in [0.25, 0.3) is 0 Å². The van der Waals surface area contributed by atoms with Crippen LogP contribution in [0.4, 0.5) is 0 Å². The molecule has 98 valence electrons. The number of hydrogen-bond acceptors (Lipinski definition) is 3. The third-order valence-corrected chi connectivity index (χ3v) is 2.46. The standard InChI is InChI=1S/C13H18N2O3/c1-2-12(17)15-11(9-16)13(18)14-8-10-6-4-3-5-7-10/h3-7,11,16H,2,8-9H2,1H3,(H,14,18)(H,15,17). The fourth-order valence-electron chi connectivity index (χ4n) is 1.40. The van der Waals surface area contributed by atoms with Gasteiger partial charge in [-0.3, -0.25) is 9.59 Å². The van der Waals surface area contributed by atoms with Gasteiger partial charge in [0.1, 0.15) is 6.04 Å². The largest absolute Gasteiger partial charge is 0.394 e. The summed E-state index contributed by atoms with van der Waals surface area (Å²) >= 11 is 0. The Balaban J connectivity index is 2.45. The van der Waals surface area contributed by atoms with E-state index in [0.29, 0.717) is 6.54 Å². The van der Waals surface area contributed by atoms with E-state index in [9.17, 15) is 9.59 Å². The number of carbonyl (C=O) groups is 2. The molecule has 1 aromatic carbocycles. The lowest BCUT2D eigenvalue weighted by atomic mass is 10.2. The van der Waals surface area contributed by atoms with Crippen molar-refractivity contribution in [1.29, 1.82) is 0 Å². The van der Waals surface area contributed by atoms with E-state index >= 15 is 0 Å². The van der Waals surface area contributed by atoms with Crippen LogP contribution in [0.2, 0.25) is 0 Å². The van der Waals surface area contributed by atoms with Crippen LogP contribution in [0.25, 0.3) is 0 Å². The zero-order valence-electron chi connectivity index (χ0n) is 10.3. The molecular formula is C13H18N2O3. The maximum absolute atomic E-state index is 11.7. The summed E-state index contributed by atoms with van der Waals surface area (Å²) in [6.07, 6.45) is 0.280. The molecule has 0 saturated carbocycles. The molecule has 5 nitrogen and oxygen atoms in total. The third-order valence-electron chi connectivity index (χ3n) is 2.46. The fourth-order valence-corrected chi connectivity index (χ4v) is 1.40. The van der Waals surface area contributed by atoms with Gasteiger partial charge in [-0.15, -0.1) is 0 Å². The van der Waals surface area contributed by atoms with E-state index in [4.69, 9.17) is 5.11 Å². The van der Waals surface area contributed by atoms with Crippen LogP contribution in [0, 0.1) is 0 Å². The average Bonchev–Trinajstić information content (AvgIpc) is 2.42. The highest BCUT2D eigenvalue weighted by Crippen LogP contribution is 1.97. The smallest absolute Gasteiger partial charge is 0.245 e. The van der Waals surface area contributed by atoms with E-state index in [0.717, 1.165) is 5.56 Å². The number of benzene rings is 1. The van der Waals surface area contributed by atoms with Crippen LogP contribution in [0.1, 0.15) is 18.9 Å². The van der Waals surface area contributed by atoms with Gasteiger partial charge in [0.2, 0.25) is 11.8 Å². The maximum atomic E-state index is 11.7. The summed E-state index contributed by atoms with van der Waals surface area (Å²) in [5, 5.41) is 14.2. The molecule has 0 saturated heterocycles. The van der Waals surface area contributed by atoms with E-state index in [1.165, 1.54) is 0 Å². The van der Waals surface area contributed by atoms with Crippen LogP contribution in [0.3, 0.4) is 0 Å². The molecule has 2 amide bonds. The molecule has 0 aliphatic carbocycles. The highest BCUT2D eigenvalue weighted by molar-refractivity contribution is 5.87. The fraction of sp³-hybridized carbons (Fsp3) is 0.385. The molecule has 0 spiro atoms. The second-order valence-corrected chi connectivity index (χ2v) is 3.86. The van der Waals surface area contributed by atoms with Crippen molar-refractivity contribution in [3.8, 4) is 0 Å². The molecule has 0 fully saturated rings. The lowest BCUT2D eigenvalue weighted by Gasteiger charge is -2.15. The van der Waals surface area contributed by atoms with Crippen LogP contribution in [-0.2, 0) is 16.1 Å².